The van der Waals surface area contributed by atoms with Gasteiger partial charge in [-0.1, -0.05) is 17.7 Å². The summed E-state index contributed by atoms with van der Waals surface area (Å²) in [7, 11) is 0. The Balaban J connectivity index is 1.86. The third kappa shape index (κ3) is 3.55. The molecule has 2 heterocycles. The second-order valence-corrected chi connectivity index (χ2v) is 5.65. The van der Waals surface area contributed by atoms with E-state index < -0.39 is 0 Å². The standard InChI is InChI=1S/C17H16ClN5O/c1-10-8-12(6-7-13(10)18)24-17-15(19)16(20-9-21-17)23-14-5-3-4-11(2)22-14/h3-9H,19H2,1-2H3,(H,20,21,22,23). The van der Waals surface area contributed by atoms with Gasteiger partial charge in [0.1, 0.15) is 23.6 Å². The van der Waals surface area contributed by atoms with Gasteiger partial charge in [0.15, 0.2) is 5.82 Å². The van der Waals surface area contributed by atoms with Crippen LogP contribution >= 0.6 is 11.6 Å². The maximum atomic E-state index is 6.12. The molecule has 7 heteroatoms. The molecule has 3 aromatic rings. The first-order valence-corrected chi connectivity index (χ1v) is 7.66. The van der Waals surface area contributed by atoms with Crippen LogP contribution in [-0.4, -0.2) is 15.0 Å². The Bertz CT molecular complexity index is 885. The first-order valence-electron chi connectivity index (χ1n) is 7.28. The quantitative estimate of drug-likeness (QED) is 0.737. The highest BCUT2D eigenvalue weighted by Crippen LogP contribution is 2.31. The molecular formula is C17H16ClN5O. The molecule has 0 saturated carbocycles. The number of nitrogen functional groups attached to an aromatic ring is 1. The van der Waals surface area contributed by atoms with Crippen LogP contribution in [0.15, 0.2) is 42.7 Å². The number of benzene rings is 1. The summed E-state index contributed by atoms with van der Waals surface area (Å²) in [6.45, 7) is 3.81. The number of hydrogen-bond donors (Lipinski definition) is 2. The molecule has 6 nitrogen and oxygen atoms in total. The van der Waals surface area contributed by atoms with Gasteiger partial charge in [0.05, 0.1) is 0 Å². The highest BCUT2D eigenvalue weighted by atomic mass is 35.5. The molecule has 0 amide bonds. The molecule has 0 fully saturated rings. The Hall–Kier alpha value is -2.86. The summed E-state index contributed by atoms with van der Waals surface area (Å²) in [4.78, 5) is 12.6. The molecule has 3 rings (SSSR count). The summed E-state index contributed by atoms with van der Waals surface area (Å²) in [5, 5.41) is 3.74. The Kier molecular flexibility index (Phi) is 4.48. The fraction of sp³-hybridized carbons (Fsp3) is 0.118. The monoisotopic (exact) mass is 341 g/mol. The Morgan fingerprint density at radius 2 is 1.96 bits per heavy atom. The minimum Gasteiger partial charge on any atom is -0.437 e. The summed E-state index contributed by atoms with van der Waals surface area (Å²) < 4.78 is 5.75. The summed E-state index contributed by atoms with van der Waals surface area (Å²) >= 11 is 6.02. The lowest BCUT2D eigenvalue weighted by atomic mass is 10.2. The number of anilines is 3. The van der Waals surface area contributed by atoms with Crippen LogP contribution in [-0.2, 0) is 0 Å². The molecule has 0 unspecified atom stereocenters. The van der Waals surface area contributed by atoms with E-state index in [1.54, 1.807) is 12.1 Å². The smallest absolute Gasteiger partial charge is 0.248 e. The van der Waals surface area contributed by atoms with Gasteiger partial charge in [0.25, 0.3) is 0 Å². The average Bonchev–Trinajstić information content (AvgIpc) is 2.55. The highest BCUT2D eigenvalue weighted by molar-refractivity contribution is 6.31. The Morgan fingerprint density at radius 1 is 1.12 bits per heavy atom. The van der Waals surface area contributed by atoms with E-state index in [-0.39, 0.29) is 5.88 Å². The van der Waals surface area contributed by atoms with E-state index in [1.165, 1.54) is 6.33 Å². The fourth-order valence-electron chi connectivity index (χ4n) is 2.09. The summed E-state index contributed by atoms with van der Waals surface area (Å²) in [6, 6.07) is 11.0. The van der Waals surface area contributed by atoms with Crippen molar-refractivity contribution in [1.29, 1.82) is 0 Å². The zero-order valence-electron chi connectivity index (χ0n) is 13.2. The van der Waals surface area contributed by atoms with Crippen molar-refractivity contribution >= 4 is 28.9 Å². The van der Waals surface area contributed by atoms with Gasteiger partial charge >= 0.3 is 0 Å². The first-order chi connectivity index (χ1) is 11.5. The maximum absolute atomic E-state index is 6.12. The van der Waals surface area contributed by atoms with Crippen molar-refractivity contribution in [3.63, 3.8) is 0 Å². The molecular weight excluding hydrogens is 326 g/mol. The third-order valence-corrected chi connectivity index (χ3v) is 3.75. The number of nitrogens with two attached hydrogens (primary N) is 1. The molecule has 0 radical (unpaired) electrons. The molecule has 0 atom stereocenters. The molecule has 0 aliphatic heterocycles. The van der Waals surface area contributed by atoms with Crippen LogP contribution in [0.25, 0.3) is 0 Å². The predicted octanol–water partition coefficient (Wildman–Crippen LogP) is 4.26. The number of aryl methyl sites for hydroxylation is 2. The highest BCUT2D eigenvalue weighted by Gasteiger charge is 2.11. The van der Waals surface area contributed by atoms with Crippen LogP contribution < -0.4 is 15.8 Å². The zero-order chi connectivity index (χ0) is 17.1. The number of nitrogens with one attached hydrogen (secondary N) is 1. The zero-order valence-corrected chi connectivity index (χ0v) is 14.0. The largest absolute Gasteiger partial charge is 0.437 e. The molecule has 122 valence electrons. The summed E-state index contributed by atoms with van der Waals surface area (Å²) in [5.74, 6) is 1.95. The van der Waals surface area contributed by atoms with Crippen molar-refractivity contribution in [3.8, 4) is 11.6 Å². The van der Waals surface area contributed by atoms with Crippen LogP contribution in [0.3, 0.4) is 0 Å². The molecule has 1 aromatic carbocycles. The van der Waals surface area contributed by atoms with Gasteiger partial charge in [0.2, 0.25) is 5.88 Å². The SMILES string of the molecule is Cc1cccc(Nc2ncnc(Oc3ccc(Cl)c(C)c3)c2N)n1. The molecule has 0 bridgehead atoms. The van der Waals surface area contributed by atoms with E-state index in [0.29, 0.717) is 28.1 Å². The Labute approximate surface area is 144 Å². The van der Waals surface area contributed by atoms with Gasteiger partial charge in [-0.05, 0) is 49.7 Å². The number of nitrogens with zero attached hydrogens (tertiary/aromatic N) is 3. The molecule has 0 aliphatic rings. The van der Waals surface area contributed by atoms with Crippen molar-refractivity contribution < 1.29 is 4.74 Å². The number of aromatic nitrogens is 3. The van der Waals surface area contributed by atoms with E-state index in [0.717, 1.165) is 11.3 Å². The van der Waals surface area contributed by atoms with Crippen LogP contribution in [0, 0.1) is 13.8 Å². The van der Waals surface area contributed by atoms with Crippen molar-refractivity contribution in [3.05, 3.63) is 59.0 Å². The number of ether oxygens (including phenoxy) is 1. The lowest BCUT2D eigenvalue weighted by Crippen LogP contribution is -2.04. The van der Waals surface area contributed by atoms with E-state index >= 15 is 0 Å². The van der Waals surface area contributed by atoms with Gasteiger partial charge in [-0.25, -0.2) is 9.97 Å². The van der Waals surface area contributed by atoms with Gasteiger partial charge < -0.3 is 15.8 Å². The van der Waals surface area contributed by atoms with E-state index in [1.807, 2.05) is 38.1 Å². The van der Waals surface area contributed by atoms with Crippen LogP contribution in [0.5, 0.6) is 11.6 Å². The molecule has 0 spiro atoms. The average molecular weight is 342 g/mol. The number of hydrogen-bond acceptors (Lipinski definition) is 6. The van der Waals surface area contributed by atoms with Gasteiger partial charge in [-0.15, -0.1) is 0 Å². The summed E-state index contributed by atoms with van der Waals surface area (Å²) in [6.07, 6.45) is 1.38. The van der Waals surface area contributed by atoms with Crippen LogP contribution in [0.1, 0.15) is 11.3 Å². The van der Waals surface area contributed by atoms with E-state index in [9.17, 15) is 0 Å². The van der Waals surface area contributed by atoms with E-state index in [4.69, 9.17) is 22.1 Å². The summed E-state index contributed by atoms with van der Waals surface area (Å²) in [5.41, 5.74) is 8.21. The minimum atomic E-state index is 0.266. The third-order valence-electron chi connectivity index (χ3n) is 3.33. The molecule has 24 heavy (non-hydrogen) atoms. The minimum absolute atomic E-state index is 0.266. The second kappa shape index (κ2) is 6.72. The fourth-order valence-corrected chi connectivity index (χ4v) is 2.20. The van der Waals surface area contributed by atoms with Crippen LogP contribution in [0.4, 0.5) is 17.3 Å². The van der Waals surface area contributed by atoms with Crippen LogP contribution in [0.2, 0.25) is 5.02 Å². The lowest BCUT2D eigenvalue weighted by molar-refractivity contribution is 0.464. The van der Waals surface area contributed by atoms with Crippen molar-refractivity contribution in [1.82, 2.24) is 15.0 Å². The normalized spacial score (nSPS) is 10.5. The number of rotatable bonds is 4. The van der Waals surface area contributed by atoms with E-state index in [2.05, 4.69) is 20.3 Å². The second-order valence-electron chi connectivity index (χ2n) is 5.24. The number of halogens is 1. The number of pyridine rings is 1. The van der Waals surface area contributed by atoms with Crippen molar-refractivity contribution in [2.24, 2.45) is 0 Å². The first kappa shape index (κ1) is 16.0. The Morgan fingerprint density at radius 3 is 2.71 bits per heavy atom. The maximum Gasteiger partial charge on any atom is 0.248 e. The molecule has 0 aliphatic carbocycles. The predicted molar refractivity (Wildman–Crippen MR) is 95.0 cm³/mol. The van der Waals surface area contributed by atoms with Crippen molar-refractivity contribution in [2.45, 2.75) is 13.8 Å². The molecule has 0 saturated heterocycles. The topological polar surface area (TPSA) is 86.0 Å². The molecule has 2 aromatic heterocycles. The van der Waals surface area contributed by atoms with Gasteiger partial charge in [0, 0.05) is 10.7 Å². The van der Waals surface area contributed by atoms with Gasteiger partial charge in [-0.2, -0.15) is 4.98 Å². The lowest BCUT2D eigenvalue weighted by Gasteiger charge is -2.12. The van der Waals surface area contributed by atoms with Crippen molar-refractivity contribution in [2.75, 3.05) is 11.1 Å². The molecule has 3 N–H and O–H groups in total. The van der Waals surface area contributed by atoms with Gasteiger partial charge in [-0.3, -0.25) is 0 Å².